The van der Waals surface area contributed by atoms with Crippen LogP contribution in [0.3, 0.4) is 0 Å². The summed E-state index contributed by atoms with van der Waals surface area (Å²) >= 11 is 0. The van der Waals surface area contributed by atoms with Gasteiger partial charge < -0.3 is 10.2 Å². The maximum atomic E-state index is 12.9. The van der Waals surface area contributed by atoms with Crippen molar-refractivity contribution < 1.29 is 9.59 Å². The summed E-state index contributed by atoms with van der Waals surface area (Å²) in [7, 11) is 0. The highest BCUT2D eigenvalue weighted by molar-refractivity contribution is 6.02. The molecule has 6 heteroatoms. The highest BCUT2D eigenvalue weighted by atomic mass is 16.2. The Bertz CT molecular complexity index is 757. The van der Waals surface area contributed by atoms with E-state index in [1.807, 2.05) is 36.9 Å². The first kappa shape index (κ1) is 16.5. The van der Waals surface area contributed by atoms with Crippen LogP contribution in [0.15, 0.2) is 24.4 Å². The highest BCUT2D eigenvalue weighted by Gasteiger charge is 2.27. The fraction of sp³-hybridized carbons (Fsp3) is 0.500. The number of likely N-dealkylation sites (tertiary alicyclic amines) is 1. The lowest BCUT2D eigenvalue weighted by Crippen LogP contribution is -2.38. The van der Waals surface area contributed by atoms with Gasteiger partial charge >= 0.3 is 0 Å². The molecule has 2 amide bonds. The Hall–Kier alpha value is -2.37. The second kappa shape index (κ2) is 6.63. The summed E-state index contributed by atoms with van der Waals surface area (Å²) in [5.41, 5.74) is 1.04. The number of hydrogen-bond donors (Lipinski definition) is 1. The first-order chi connectivity index (χ1) is 11.5. The Kier molecular flexibility index (Phi) is 4.55. The fourth-order valence-corrected chi connectivity index (χ4v) is 3.04. The molecule has 6 nitrogen and oxygen atoms in total. The predicted octanol–water partition coefficient (Wildman–Crippen LogP) is 2.34. The van der Waals surface area contributed by atoms with Crippen LogP contribution in [0.5, 0.6) is 0 Å². The molecule has 1 saturated heterocycles. The van der Waals surface area contributed by atoms with Crippen molar-refractivity contribution in [1.29, 1.82) is 0 Å². The Labute approximate surface area is 141 Å². The molecule has 2 aromatic rings. The number of imidazole rings is 1. The topological polar surface area (TPSA) is 66.7 Å². The van der Waals surface area contributed by atoms with Crippen LogP contribution >= 0.6 is 0 Å². The summed E-state index contributed by atoms with van der Waals surface area (Å²) in [6.45, 7) is 7.50. The van der Waals surface area contributed by atoms with Crippen molar-refractivity contribution in [3.05, 3.63) is 35.9 Å². The normalized spacial score (nSPS) is 15.9. The average molecular weight is 328 g/mol. The summed E-state index contributed by atoms with van der Waals surface area (Å²) in [6.07, 6.45) is 3.79. The average Bonchev–Trinajstić information content (AvgIpc) is 2.94. The van der Waals surface area contributed by atoms with Crippen molar-refractivity contribution in [3.63, 3.8) is 0 Å². The van der Waals surface area contributed by atoms with E-state index in [0.29, 0.717) is 17.1 Å². The van der Waals surface area contributed by atoms with Crippen molar-refractivity contribution >= 4 is 17.3 Å². The van der Waals surface area contributed by atoms with Crippen LogP contribution in [0.2, 0.25) is 0 Å². The molecular weight excluding hydrogens is 304 g/mol. The third kappa shape index (κ3) is 3.13. The van der Waals surface area contributed by atoms with Gasteiger partial charge in [-0.3, -0.25) is 14.0 Å². The third-order valence-corrected chi connectivity index (χ3v) is 4.44. The van der Waals surface area contributed by atoms with Gasteiger partial charge in [-0.2, -0.15) is 0 Å². The molecule has 0 aliphatic carbocycles. The molecule has 0 aromatic carbocycles. The minimum atomic E-state index is -0.266. The van der Waals surface area contributed by atoms with Gasteiger partial charge in [-0.25, -0.2) is 4.98 Å². The molecule has 0 radical (unpaired) electrons. The Morgan fingerprint density at radius 2 is 1.96 bits per heavy atom. The van der Waals surface area contributed by atoms with Crippen LogP contribution < -0.4 is 5.32 Å². The Balaban J connectivity index is 1.96. The van der Waals surface area contributed by atoms with Gasteiger partial charge in [0, 0.05) is 25.3 Å². The third-order valence-electron chi connectivity index (χ3n) is 4.44. The zero-order valence-corrected chi connectivity index (χ0v) is 14.5. The molecule has 3 heterocycles. The minimum Gasteiger partial charge on any atom is -0.347 e. The quantitative estimate of drug-likeness (QED) is 0.940. The molecule has 1 N–H and O–H groups in total. The molecule has 1 aliphatic heterocycles. The van der Waals surface area contributed by atoms with E-state index < -0.39 is 0 Å². The molecule has 1 fully saturated rings. The van der Waals surface area contributed by atoms with Gasteiger partial charge in [-0.1, -0.05) is 13.0 Å². The van der Waals surface area contributed by atoms with E-state index in [4.69, 9.17) is 0 Å². The lowest BCUT2D eigenvalue weighted by Gasteiger charge is -2.29. The number of carbonyl (C=O) groups is 2. The van der Waals surface area contributed by atoms with Crippen LogP contribution in [0.4, 0.5) is 0 Å². The number of hydrogen-bond acceptors (Lipinski definition) is 3. The summed E-state index contributed by atoms with van der Waals surface area (Å²) in [5, 5.41) is 2.84. The molecule has 0 bridgehead atoms. The number of piperidine rings is 1. The van der Waals surface area contributed by atoms with Crippen LogP contribution in [0.1, 0.15) is 54.7 Å². The lowest BCUT2D eigenvalue weighted by molar-refractivity contribution is 0.0694. The second-order valence-electron chi connectivity index (χ2n) is 6.84. The number of rotatable bonds is 3. The van der Waals surface area contributed by atoms with Crippen LogP contribution in [-0.2, 0) is 0 Å². The smallest absolute Gasteiger partial charge is 0.287 e. The van der Waals surface area contributed by atoms with E-state index in [9.17, 15) is 9.59 Å². The molecule has 1 aliphatic rings. The largest absolute Gasteiger partial charge is 0.347 e. The summed E-state index contributed by atoms with van der Waals surface area (Å²) in [6, 6.07) is 5.53. The molecule has 0 atom stereocenters. The SMILES string of the molecule is CC1CCN(C(=O)c2nc(C(=O)NC(C)C)n3ccccc23)CC1. The Morgan fingerprint density at radius 1 is 1.25 bits per heavy atom. The summed E-state index contributed by atoms with van der Waals surface area (Å²) < 4.78 is 1.69. The lowest BCUT2D eigenvalue weighted by atomic mass is 9.99. The summed E-state index contributed by atoms with van der Waals surface area (Å²) in [4.78, 5) is 31.5. The number of amides is 2. The van der Waals surface area contributed by atoms with Crippen molar-refractivity contribution in [2.45, 2.75) is 39.7 Å². The molecule has 2 aromatic heterocycles. The van der Waals surface area contributed by atoms with E-state index in [1.54, 1.807) is 10.6 Å². The maximum absolute atomic E-state index is 12.9. The number of pyridine rings is 1. The highest BCUT2D eigenvalue weighted by Crippen LogP contribution is 2.21. The van der Waals surface area contributed by atoms with E-state index in [1.165, 1.54) is 0 Å². The van der Waals surface area contributed by atoms with Crippen molar-refractivity contribution in [2.24, 2.45) is 5.92 Å². The minimum absolute atomic E-state index is 0.0105. The van der Waals surface area contributed by atoms with Crippen molar-refractivity contribution in [2.75, 3.05) is 13.1 Å². The molecule has 24 heavy (non-hydrogen) atoms. The molecule has 0 saturated carbocycles. The second-order valence-corrected chi connectivity index (χ2v) is 6.84. The van der Waals surface area contributed by atoms with Crippen molar-refractivity contribution in [1.82, 2.24) is 19.6 Å². The fourth-order valence-electron chi connectivity index (χ4n) is 3.04. The zero-order chi connectivity index (χ0) is 17.3. The molecule has 3 rings (SSSR count). The molecule has 0 unspecified atom stereocenters. The van der Waals surface area contributed by atoms with Crippen molar-refractivity contribution in [3.8, 4) is 0 Å². The van der Waals surface area contributed by atoms with Crippen LogP contribution in [-0.4, -0.2) is 45.2 Å². The van der Waals surface area contributed by atoms with Gasteiger partial charge in [-0.15, -0.1) is 0 Å². The van der Waals surface area contributed by atoms with Gasteiger partial charge in [0.1, 0.15) is 0 Å². The first-order valence-corrected chi connectivity index (χ1v) is 8.54. The van der Waals surface area contributed by atoms with Gasteiger partial charge in [0.05, 0.1) is 5.52 Å². The van der Waals surface area contributed by atoms with Crippen LogP contribution in [0, 0.1) is 5.92 Å². The van der Waals surface area contributed by atoms with E-state index in [2.05, 4.69) is 17.2 Å². The molecule has 0 spiro atoms. The van der Waals surface area contributed by atoms with E-state index in [0.717, 1.165) is 25.9 Å². The maximum Gasteiger partial charge on any atom is 0.287 e. The molecule has 128 valence electrons. The Morgan fingerprint density at radius 3 is 2.62 bits per heavy atom. The monoisotopic (exact) mass is 328 g/mol. The summed E-state index contributed by atoms with van der Waals surface area (Å²) in [5.74, 6) is 0.555. The standard InChI is InChI=1S/C18H24N4O2/c1-12(2)19-17(23)16-20-15(14-6-4-5-9-22(14)16)18(24)21-10-7-13(3)8-11-21/h4-6,9,12-13H,7-8,10-11H2,1-3H3,(H,19,23). The number of nitrogens with one attached hydrogen (secondary N) is 1. The van der Waals surface area contributed by atoms with Gasteiger partial charge in [0.15, 0.2) is 5.69 Å². The number of nitrogens with zero attached hydrogens (tertiary/aromatic N) is 3. The zero-order valence-electron chi connectivity index (χ0n) is 14.5. The number of fused-ring (bicyclic) bond motifs is 1. The number of aromatic nitrogens is 2. The van der Waals surface area contributed by atoms with E-state index >= 15 is 0 Å². The van der Waals surface area contributed by atoms with Crippen LogP contribution in [0.25, 0.3) is 5.52 Å². The molecular formula is C18H24N4O2. The first-order valence-electron chi connectivity index (χ1n) is 8.54. The number of carbonyl (C=O) groups excluding carboxylic acids is 2. The van der Waals surface area contributed by atoms with Gasteiger partial charge in [0.25, 0.3) is 11.8 Å². The van der Waals surface area contributed by atoms with E-state index in [-0.39, 0.29) is 23.7 Å². The van der Waals surface area contributed by atoms with Gasteiger partial charge in [0.2, 0.25) is 5.82 Å². The predicted molar refractivity (Wildman–Crippen MR) is 92.1 cm³/mol. The van der Waals surface area contributed by atoms with Gasteiger partial charge in [-0.05, 0) is 44.7 Å².